The summed E-state index contributed by atoms with van der Waals surface area (Å²) >= 11 is 1.36. The molecule has 122 valence electrons. The molecule has 1 aromatic heterocycles. The molecule has 0 bridgehead atoms. The summed E-state index contributed by atoms with van der Waals surface area (Å²) in [5, 5.41) is 3.04. The number of carbonyl (C=O) groups is 2. The molecule has 0 radical (unpaired) electrons. The van der Waals surface area contributed by atoms with Crippen LogP contribution in [-0.2, 0) is 9.53 Å². The summed E-state index contributed by atoms with van der Waals surface area (Å²) in [5.74, 6) is -0.0302. The number of hydrogen-bond donors (Lipinski definition) is 1. The number of rotatable bonds is 5. The number of hydrogen-bond acceptors (Lipinski definition) is 5. The molecule has 2 rings (SSSR count). The Bertz CT molecular complexity index is 524. The highest BCUT2D eigenvalue weighted by molar-refractivity contribution is 7.11. The summed E-state index contributed by atoms with van der Waals surface area (Å²) in [6, 6.07) is 0.112. The molecule has 22 heavy (non-hydrogen) atoms. The van der Waals surface area contributed by atoms with Crippen LogP contribution in [0.4, 0.5) is 0 Å². The minimum Gasteiger partial charge on any atom is -0.369 e. The number of aryl methyl sites for hydroxylation is 1. The second-order valence-electron chi connectivity index (χ2n) is 5.44. The normalized spacial score (nSPS) is 17.3. The summed E-state index contributed by atoms with van der Waals surface area (Å²) in [5.41, 5.74) is 2.45. The van der Waals surface area contributed by atoms with E-state index in [4.69, 9.17) is 4.74 Å². The highest BCUT2D eigenvalue weighted by Gasteiger charge is 2.27. The Hall–Kier alpha value is -1.47. The monoisotopic (exact) mass is 325 g/mol. The SMILES string of the molecule is CCOC(C)C(=O)N1CCC(NC(=O)c2scnc2C)CC1. The lowest BCUT2D eigenvalue weighted by Crippen LogP contribution is -2.49. The van der Waals surface area contributed by atoms with Crippen molar-refractivity contribution in [3.05, 3.63) is 16.1 Å². The fourth-order valence-electron chi connectivity index (χ4n) is 2.59. The fourth-order valence-corrected chi connectivity index (χ4v) is 3.30. The lowest BCUT2D eigenvalue weighted by Gasteiger charge is -2.33. The van der Waals surface area contributed by atoms with Crippen LogP contribution >= 0.6 is 11.3 Å². The van der Waals surface area contributed by atoms with E-state index in [1.54, 1.807) is 12.4 Å². The number of nitrogens with one attached hydrogen (secondary N) is 1. The molecule has 1 saturated heterocycles. The van der Waals surface area contributed by atoms with Crippen LogP contribution in [0.2, 0.25) is 0 Å². The maximum absolute atomic E-state index is 12.2. The Kier molecular flexibility index (Phi) is 5.90. The van der Waals surface area contributed by atoms with E-state index in [1.807, 2.05) is 18.7 Å². The van der Waals surface area contributed by atoms with E-state index in [2.05, 4.69) is 10.3 Å². The van der Waals surface area contributed by atoms with Crippen LogP contribution in [0.1, 0.15) is 42.1 Å². The standard InChI is InChI=1S/C15H23N3O3S/c1-4-21-11(3)15(20)18-7-5-12(6-8-18)17-14(19)13-10(2)16-9-22-13/h9,11-12H,4-8H2,1-3H3,(H,17,19). The van der Waals surface area contributed by atoms with Gasteiger partial charge in [-0.15, -0.1) is 11.3 Å². The van der Waals surface area contributed by atoms with Crippen LogP contribution in [0.3, 0.4) is 0 Å². The van der Waals surface area contributed by atoms with E-state index < -0.39 is 6.10 Å². The van der Waals surface area contributed by atoms with Gasteiger partial charge < -0.3 is 15.0 Å². The molecule has 1 atom stereocenters. The quantitative estimate of drug-likeness (QED) is 0.892. The van der Waals surface area contributed by atoms with Crippen molar-refractivity contribution in [2.24, 2.45) is 0 Å². The van der Waals surface area contributed by atoms with E-state index in [0.29, 0.717) is 24.6 Å². The predicted octanol–water partition coefficient (Wildman–Crippen LogP) is 1.60. The van der Waals surface area contributed by atoms with Crippen molar-refractivity contribution < 1.29 is 14.3 Å². The van der Waals surface area contributed by atoms with Crippen LogP contribution < -0.4 is 5.32 Å². The molecule has 6 nitrogen and oxygen atoms in total. The second kappa shape index (κ2) is 7.69. The van der Waals surface area contributed by atoms with E-state index in [9.17, 15) is 9.59 Å². The van der Waals surface area contributed by atoms with Crippen LogP contribution in [0, 0.1) is 6.92 Å². The molecular weight excluding hydrogens is 302 g/mol. The van der Waals surface area contributed by atoms with Crippen LogP contribution in [-0.4, -0.2) is 53.5 Å². The third-order valence-electron chi connectivity index (χ3n) is 3.86. The van der Waals surface area contributed by atoms with Gasteiger partial charge in [0.1, 0.15) is 11.0 Å². The lowest BCUT2D eigenvalue weighted by molar-refractivity contribution is -0.143. The molecule has 0 saturated carbocycles. The van der Waals surface area contributed by atoms with Gasteiger partial charge in [-0.3, -0.25) is 9.59 Å². The molecule has 2 heterocycles. The van der Waals surface area contributed by atoms with Crippen molar-refractivity contribution in [3.8, 4) is 0 Å². The Balaban J connectivity index is 1.81. The number of ether oxygens (including phenoxy) is 1. The van der Waals surface area contributed by atoms with E-state index in [1.165, 1.54) is 11.3 Å². The first kappa shape index (κ1) is 16.9. The number of carbonyl (C=O) groups excluding carboxylic acids is 2. The topological polar surface area (TPSA) is 71.5 Å². The van der Waals surface area contributed by atoms with Gasteiger partial charge in [0.15, 0.2) is 0 Å². The minimum atomic E-state index is -0.393. The van der Waals surface area contributed by atoms with Gasteiger partial charge in [0.25, 0.3) is 11.8 Å². The van der Waals surface area contributed by atoms with E-state index >= 15 is 0 Å². The first-order valence-electron chi connectivity index (χ1n) is 7.64. The number of likely N-dealkylation sites (tertiary alicyclic amines) is 1. The molecule has 7 heteroatoms. The van der Waals surface area contributed by atoms with Gasteiger partial charge >= 0.3 is 0 Å². The number of aromatic nitrogens is 1. The average molecular weight is 325 g/mol. The molecule has 1 aromatic rings. The average Bonchev–Trinajstić information content (AvgIpc) is 2.94. The maximum atomic E-state index is 12.2. The van der Waals surface area contributed by atoms with Crippen molar-refractivity contribution in [1.29, 1.82) is 0 Å². The van der Waals surface area contributed by atoms with Gasteiger partial charge in [0, 0.05) is 25.7 Å². The third kappa shape index (κ3) is 4.04. The van der Waals surface area contributed by atoms with Crippen LogP contribution in [0.15, 0.2) is 5.51 Å². The fraction of sp³-hybridized carbons (Fsp3) is 0.667. The molecule has 0 spiro atoms. The number of thiazole rings is 1. The molecule has 1 unspecified atom stereocenters. The van der Waals surface area contributed by atoms with Crippen LogP contribution in [0.25, 0.3) is 0 Å². The van der Waals surface area contributed by atoms with Gasteiger partial charge in [-0.2, -0.15) is 0 Å². The highest BCUT2D eigenvalue weighted by Crippen LogP contribution is 2.16. The molecule has 1 N–H and O–H groups in total. The first-order valence-corrected chi connectivity index (χ1v) is 8.52. The first-order chi connectivity index (χ1) is 10.5. The molecule has 0 aliphatic carbocycles. The number of nitrogens with zero attached hydrogens (tertiary/aromatic N) is 2. The summed E-state index contributed by atoms with van der Waals surface area (Å²) in [6.45, 7) is 7.35. The summed E-state index contributed by atoms with van der Waals surface area (Å²) in [7, 11) is 0. The Morgan fingerprint density at radius 3 is 2.73 bits per heavy atom. The van der Waals surface area contributed by atoms with Gasteiger partial charge in [-0.1, -0.05) is 0 Å². The second-order valence-corrected chi connectivity index (χ2v) is 6.29. The minimum absolute atomic E-state index is 0.0323. The van der Waals surface area contributed by atoms with Crippen molar-refractivity contribution >= 4 is 23.2 Å². The summed E-state index contributed by atoms with van der Waals surface area (Å²) < 4.78 is 5.34. The van der Waals surface area contributed by atoms with Crippen molar-refractivity contribution in [2.75, 3.05) is 19.7 Å². The van der Waals surface area contributed by atoms with Gasteiger partial charge in [0.2, 0.25) is 0 Å². The zero-order valence-electron chi connectivity index (χ0n) is 13.3. The molecule has 1 aliphatic heterocycles. The highest BCUT2D eigenvalue weighted by atomic mass is 32.1. The Morgan fingerprint density at radius 2 is 2.18 bits per heavy atom. The van der Waals surface area contributed by atoms with Gasteiger partial charge in [0.05, 0.1) is 11.2 Å². The summed E-state index contributed by atoms with van der Waals surface area (Å²) in [6.07, 6.45) is 1.15. The lowest BCUT2D eigenvalue weighted by atomic mass is 10.0. The van der Waals surface area contributed by atoms with E-state index in [0.717, 1.165) is 18.5 Å². The largest absolute Gasteiger partial charge is 0.369 e. The third-order valence-corrected chi connectivity index (χ3v) is 4.79. The molecule has 2 amide bonds. The van der Waals surface area contributed by atoms with Gasteiger partial charge in [-0.25, -0.2) is 4.98 Å². The van der Waals surface area contributed by atoms with Crippen molar-refractivity contribution in [3.63, 3.8) is 0 Å². The van der Waals surface area contributed by atoms with Crippen molar-refractivity contribution in [1.82, 2.24) is 15.2 Å². The van der Waals surface area contributed by atoms with Crippen molar-refractivity contribution in [2.45, 2.75) is 45.8 Å². The molecule has 1 aliphatic rings. The Morgan fingerprint density at radius 1 is 1.50 bits per heavy atom. The maximum Gasteiger partial charge on any atom is 0.263 e. The smallest absolute Gasteiger partial charge is 0.263 e. The predicted molar refractivity (Wildman–Crippen MR) is 85.0 cm³/mol. The van der Waals surface area contributed by atoms with E-state index in [-0.39, 0.29) is 17.9 Å². The number of piperidine rings is 1. The summed E-state index contributed by atoms with van der Waals surface area (Å²) in [4.78, 5) is 30.9. The molecule has 1 fully saturated rings. The molecular formula is C15H23N3O3S. The Labute approximate surface area is 134 Å². The van der Waals surface area contributed by atoms with Gasteiger partial charge in [-0.05, 0) is 33.6 Å². The number of amides is 2. The molecule has 0 aromatic carbocycles. The van der Waals surface area contributed by atoms with Crippen LogP contribution in [0.5, 0.6) is 0 Å². The zero-order chi connectivity index (χ0) is 16.1. The zero-order valence-corrected chi connectivity index (χ0v) is 14.1.